The van der Waals surface area contributed by atoms with Crippen LogP contribution in [0.1, 0.15) is 46.2 Å². The summed E-state index contributed by atoms with van der Waals surface area (Å²) in [5.41, 5.74) is -2.62. The number of carbonyl (C=O) groups excluding carboxylic acids is 2. The Kier molecular flexibility index (Phi) is 5.73. The van der Waals surface area contributed by atoms with Crippen LogP contribution in [0.2, 0.25) is 10.0 Å². The van der Waals surface area contributed by atoms with E-state index in [1.807, 2.05) is 0 Å². The van der Waals surface area contributed by atoms with E-state index < -0.39 is 46.5 Å². The Bertz CT molecular complexity index is 1470. The van der Waals surface area contributed by atoms with Crippen LogP contribution in [0.15, 0.2) is 60.7 Å². The van der Waals surface area contributed by atoms with Gasteiger partial charge in [-0.15, -0.1) is 0 Å². The molecule has 5 rings (SSSR count). The summed E-state index contributed by atoms with van der Waals surface area (Å²) in [6.07, 6.45) is -5.10. The highest BCUT2D eigenvalue weighted by atomic mass is 35.5. The van der Waals surface area contributed by atoms with Crippen LogP contribution >= 0.6 is 23.2 Å². The third-order valence-corrected chi connectivity index (χ3v) is 7.28. The fourth-order valence-corrected chi connectivity index (χ4v) is 5.86. The molecular formula is C26H16Cl2F3N3O2. The Hall–Kier alpha value is -3.54. The number of piperidine rings is 1. The molecule has 0 aromatic heterocycles. The number of hydrogen-bond donors (Lipinski definition) is 2. The van der Waals surface area contributed by atoms with Crippen LogP contribution in [-0.4, -0.2) is 11.8 Å². The minimum atomic E-state index is -4.92. The first-order valence-electron chi connectivity index (χ1n) is 10.8. The van der Waals surface area contributed by atoms with E-state index in [1.165, 1.54) is 18.2 Å². The van der Waals surface area contributed by atoms with Crippen molar-refractivity contribution in [1.29, 1.82) is 5.26 Å². The molecule has 1 fully saturated rings. The highest BCUT2D eigenvalue weighted by molar-refractivity contribution is 6.31. The number of nitrogens with one attached hydrogen (secondary N) is 2. The predicted molar refractivity (Wildman–Crippen MR) is 128 cm³/mol. The second kappa shape index (κ2) is 8.54. The monoisotopic (exact) mass is 529 g/mol. The number of carbonyl (C=O) groups is 2. The minimum absolute atomic E-state index is 0.175. The molecule has 0 aliphatic carbocycles. The van der Waals surface area contributed by atoms with Crippen molar-refractivity contribution < 1.29 is 22.8 Å². The largest absolute Gasteiger partial charge is 0.418 e. The van der Waals surface area contributed by atoms with Crippen molar-refractivity contribution in [3.05, 3.63) is 98.5 Å². The molecular weight excluding hydrogens is 514 g/mol. The molecule has 2 amide bonds. The van der Waals surface area contributed by atoms with Crippen molar-refractivity contribution >= 4 is 40.7 Å². The zero-order valence-electron chi connectivity index (χ0n) is 18.3. The summed E-state index contributed by atoms with van der Waals surface area (Å²) in [6.45, 7) is 0. The third-order valence-electron chi connectivity index (χ3n) is 6.81. The number of amides is 2. The van der Waals surface area contributed by atoms with Crippen molar-refractivity contribution in [2.24, 2.45) is 0 Å². The second-order valence-electron chi connectivity index (χ2n) is 8.70. The molecule has 3 aromatic rings. The van der Waals surface area contributed by atoms with E-state index >= 15 is 0 Å². The summed E-state index contributed by atoms with van der Waals surface area (Å²) < 4.78 is 43.0. The quantitative estimate of drug-likeness (QED) is 0.419. The zero-order valence-corrected chi connectivity index (χ0v) is 19.8. The van der Waals surface area contributed by atoms with Gasteiger partial charge in [-0.25, -0.2) is 0 Å². The van der Waals surface area contributed by atoms with Crippen LogP contribution in [-0.2, 0) is 21.2 Å². The third kappa shape index (κ3) is 3.62. The lowest BCUT2D eigenvalue weighted by molar-refractivity contribution is -0.141. The molecule has 1 spiro atoms. The van der Waals surface area contributed by atoms with Crippen molar-refractivity contribution in [3.8, 4) is 6.07 Å². The highest BCUT2D eigenvalue weighted by Crippen LogP contribution is 2.58. The smallest absolute Gasteiger partial charge is 0.348 e. The van der Waals surface area contributed by atoms with Gasteiger partial charge in [0.05, 0.1) is 23.2 Å². The molecule has 2 aliphatic rings. The molecule has 0 unspecified atom stereocenters. The predicted octanol–water partition coefficient (Wildman–Crippen LogP) is 6.12. The van der Waals surface area contributed by atoms with Crippen molar-refractivity contribution in [2.75, 3.05) is 5.32 Å². The van der Waals surface area contributed by atoms with Gasteiger partial charge in [-0.05, 0) is 47.0 Å². The Labute approximate surface area is 213 Å². The van der Waals surface area contributed by atoms with Gasteiger partial charge in [0.1, 0.15) is 5.41 Å². The fraction of sp³-hybridized carbons (Fsp3) is 0.192. The lowest BCUT2D eigenvalue weighted by atomic mass is 9.59. The van der Waals surface area contributed by atoms with Gasteiger partial charge in [0.25, 0.3) is 0 Å². The second-order valence-corrected chi connectivity index (χ2v) is 9.58. The summed E-state index contributed by atoms with van der Waals surface area (Å²) in [7, 11) is 0. The van der Waals surface area contributed by atoms with Gasteiger partial charge in [-0.1, -0.05) is 53.5 Å². The zero-order chi connectivity index (χ0) is 25.8. The first kappa shape index (κ1) is 24.2. The topological polar surface area (TPSA) is 82.0 Å². The highest BCUT2D eigenvalue weighted by Gasteiger charge is 2.62. The first-order valence-corrected chi connectivity index (χ1v) is 11.6. The summed E-state index contributed by atoms with van der Waals surface area (Å²) in [4.78, 5) is 26.9. The van der Waals surface area contributed by atoms with E-state index in [-0.39, 0.29) is 12.0 Å². The normalized spacial score (nSPS) is 23.1. The molecule has 2 heterocycles. The first-order chi connectivity index (χ1) is 17.1. The van der Waals surface area contributed by atoms with Gasteiger partial charge in [-0.2, -0.15) is 18.4 Å². The average molecular weight is 530 g/mol. The number of anilines is 1. The molecule has 3 aromatic carbocycles. The minimum Gasteiger partial charge on any atom is -0.348 e. The van der Waals surface area contributed by atoms with Crippen LogP contribution < -0.4 is 10.6 Å². The van der Waals surface area contributed by atoms with Crippen molar-refractivity contribution in [2.45, 2.75) is 30.0 Å². The van der Waals surface area contributed by atoms with Crippen molar-refractivity contribution in [1.82, 2.24) is 5.32 Å². The van der Waals surface area contributed by atoms with E-state index in [1.54, 1.807) is 42.5 Å². The van der Waals surface area contributed by atoms with E-state index in [9.17, 15) is 28.0 Å². The van der Waals surface area contributed by atoms with Gasteiger partial charge in [0.2, 0.25) is 11.8 Å². The summed E-state index contributed by atoms with van der Waals surface area (Å²) >= 11 is 12.4. The van der Waals surface area contributed by atoms with Crippen LogP contribution in [0.3, 0.4) is 0 Å². The van der Waals surface area contributed by atoms with Crippen molar-refractivity contribution in [3.63, 3.8) is 0 Å². The van der Waals surface area contributed by atoms with Gasteiger partial charge in [-0.3, -0.25) is 9.59 Å². The van der Waals surface area contributed by atoms with Crippen LogP contribution in [0, 0.1) is 11.3 Å². The number of benzene rings is 3. The Morgan fingerprint density at radius 3 is 2.42 bits per heavy atom. The number of rotatable bonds is 2. The van der Waals surface area contributed by atoms with E-state index in [2.05, 4.69) is 10.6 Å². The average Bonchev–Trinajstić information content (AvgIpc) is 3.10. The molecule has 1 saturated heterocycles. The summed E-state index contributed by atoms with van der Waals surface area (Å²) in [5, 5.41) is 15.6. The lowest BCUT2D eigenvalue weighted by Crippen LogP contribution is -2.57. The number of alkyl halides is 3. The molecule has 0 radical (unpaired) electrons. The maximum Gasteiger partial charge on any atom is 0.418 e. The summed E-state index contributed by atoms with van der Waals surface area (Å²) in [6, 6.07) is 14.9. The number of nitrogens with zero attached hydrogens (tertiary/aromatic N) is 1. The molecule has 0 bridgehead atoms. The molecule has 3 atom stereocenters. The van der Waals surface area contributed by atoms with Gasteiger partial charge in [0.15, 0.2) is 0 Å². The molecule has 36 heavy (non-hydrogen) atoms. The molecule has 0 saturated carbocycles. The van der Waals surface area contributed by atoms with E-state index in [4.69, 9.17) is 23.2 Å². The Morgan fingerprint density at radius 2 is 1.72 bits per heavy atom. The number of hydrogen-bond acceptors (Lipinski definition) is 3. The summed E-state index contributed by atoms with van der Waals surface area (Å²) in [5.74, 6) is -2.00. The maximum atomic E-state index is 14.3. The lowest BCUT2D eigenvalue weighted by Gasteiger charge is -2.47. The Balaban J connectivity index is 1.87. The van der Waals surface area contributed by atoms with Gasteiger partial charge >= 0.3 is 6.18 Å². The number of nitriles is 1. The molecule has 2 N–H and O–H groups in total. The SMILES string of the molecule is N#Cc1cccc([C@H]2NC(=O)C[C@@H](c3cccc(Cl)c3)[C@]23C(=O)Nc2cc(Cl)ccc23)c1C(F)(F)F. The van der Waals surface area contributed by atoms with Gasteiger partial charge < -0.3 is 10.6 Å². The standard InChI is InChI=1S/C26H16Cl2F3N3O2/c27-15-5-1-3-13(9-15)19-11-21(35)34-23(17-6-2-4-14(12-32)22(17)26(29,30)31)25(19)18-8-7-16(28)10-20(18)33-24(25)36/h1-10,19,23H,11H2,(H,33,36)(H,34,35)/t19-,23+,25-/m0/s1. The van der Waals surface area contributed by atoms with Crippen LogP contribution in [0.25, 0.3) is 0 Å². The van der Waals surface area contributed by atoms with E-state index in [0.29, 0.717) is 26.9 Å². The molecule has 182 valence electrons. The van der Waals surface area contributed by atoms with Gasteiger partial charge in [0, 0.05) is 28.1 Å². The molecule has 2 aliphatic heterocycles. The number of halogens is 5. The van der Waals surface area contributed by atoms with Crippen LogP contribution in [0.4, 0.5) is 18.9 Å². The molecule has 5 nitrogen and oxygen atoms in total. The fourth-order valence-electron chi connectivity index (χ4n) is 5.49. The van der Waals surface area contributed by atoms with Crippen LogP contribution in [0.5, 0.6) is 0 Å². The molecule has 10 heteroatoms. The Morgan fingerprint density at radius 1 is 1.00 bits per heavy atom. The van der Waals surface area contributed by atoms with E-state index in [0.717, 1.165) is 6.07 Å². The number of fused-ring (bicyclic) bond motifs is 2. The maximum absolute atomic E-state index is 14.3.